The molecule has 0 unspecified atom stereocenters. The molecule has 1 fully saturated rings. The number of hydrogen-bond donors (Lipinski definition) is 1. The number of nitrogens with one attached hydrogen (secondary N) is 1. The summed E-state index contributed by atoms with van der Waals surface area (Å²) in [7, 11) is -3.23. The lowest BCUT2D eigenvalue weighted by Gasteiger charge is -2.36. The largest absolute Gasteiger partial charge is 0.462 e. The molecule has 168 valence electrons. The van der Waals surface area contributed by atoms with Crippen LogP contribution in [-0.2, 0) is 19.6 Å². The highest BCUT2D eigenvalue weighted by atomic mass is 32.2. The highest BCUT2D eigenvalue weighted by molar-refractivity contribution is 7.88. The topological polar surface area (TPSA) is 96.0 Å². The molecule has 0 aliphatic carbocycles. The van der Waals surface area contributed by atoms with E-state index in [0.717, 1.165) is 10.4 Å². The van der Waals surface area contributed by atoms with E-state index in [1.54, 1.807) is 19.9 Å². The summed E-state index contributed by atoms with van der Waals surface area (Å²) in [5.74, 6) is -0.731. The smallest absolute Gasteiger partial charge is 0.341 e. The second-order valence-electron chi connectivity index (χ2n) is 7.30. The van der Waals surface area contributed by atoms with Crippen molar-refractivity contribution in [2.75, 3.05) is 44.4 Å². The zero-order valence-electron chi connectivity index (χ0n) is 17.8. The fourth-order valence-electron chi connectivity index (χ4n) is 3.39. The van der Waals surface area contributed by atoms with Crippen LogP contribution in [0.1, 0.15) is 24.2 Å². The molecule has 1 N–H and O–H groups in total. The van der Waals surface area contributed by atoms with Crippen molar-refractivity contribution in [3.8, 4) is 10.4 Å². The third-order valence-electron chi connectivity index (χ3n) is 5.19. The molecule has 3 rings (SSSR count). The lowest BCUT2D eigenvalue weighted by atomic mass is 10.1. The van der Waals surface area contributed by atoms with Crippen molar-refractivity contribution >= 4 is 38.2 Å². The second-order valence-corrected chi connectivity index (χ2v) is 10.3. The number of carbonyl (C=O) groups is 2. The molecule has 0 bridgehead atoms. The van der Waals surface area contributed by atoms with Crippen molar-refractivity contribution in [2.24, 2.45) is 0 Å². The maximum atomic E-state index is 12.9. The van der Waals surface area contributed by atoms with Gasteiger partial charge in [0, 0.05) is 31.1 Å². The minimum Gasteiger partial charge on any atom is -0.462 e. The molecule has 1 aliphatic rings. The van der Waals surface area contributed by atoms with Crippen molar-refractivity contribution in [3.05, 3.63) is 42.0 Å². The summed E-state index contributed by atoms with van der Waals surface area (Å²) in [6.45, 7) is 5.38. The molecule has 10 heteroatoms. The molecule has 0 spiro atoms. The van der Waals surface area contributed by atoms with Gasteiger partial charge in [-0.1, -0.05) is 30.3 Å². The lowest BCUT2D eigenvalue weighted by Crippen LogP contribution is -2.53. The highest BCUT2D eigenvalue weighted by Gasteiger charge is 2.30. The normalized spacial score (nSPS) is 16.6. The average Bonchev–Trinajstić information content (AvgIpc) is 3.17. The van der Waals surface area contributed by atoms with Gasteiger partial charge in [-0.2, -0.15) is 4.31 Å². The number of benzene rings is 1. The summed E-state index contributed by atoms with van der Waals surface area (Å²) < 4.78 is 30.0. The Kier molecular flexibility index (Phi) is 7.47. The van der Waals surface area contributed by atoms with Crippen molar-refractivity contribution in [1.29, 1.82) is 0 Å². The zero-order valence-corrected chi connectivity index (χ0v) is 19.5. The van der Waals surface area contributed by atoms with Crippen LogP contribution in [0.2, 0.25) is 0 Å². The first-order valence-electron chi connectivity index (χ1n) is 10.1. The minimum atomic E-state index is -3.23. The number of amides is 1. The van der Waals surface area contributed by atoms with E-state index < -0.39 is 22.0 Å². The Bertz CT molecular complexity index is 1030. The van der Waals surface area contributed by atoms with E-state index in [1.165, 1.54) is 21.9 Å². The molecule has 1 aromatic heterocycles. The molecule has 0 saturated carbocycles. The number of thiophene rings is 1. The molecule has 2 heterocycles. The molecule has 1 amide bonds. The van der Waals surface area contributed by atoms with Gasteiger partial charge in [0.25, 0.3) is 0 Å². The van der Waals surface area contributed by atoms with Gasteiger partial charge in [0.05, 0.1) is 24.5 Å². The van der Waals surface area contributed by atoms with Gasteiger partial charge in [0.1, 0.15) is 5.00 Å². The van der Waals surface area contributed by atoms with Crippen LogP contribution < -0.4 is 5.32 Å². The maximum absolute atomic E-state index is 12.9. The fraction of sp³-hybridized carbons (Fsp3) is 0.429. The summed E-state index contributed by atoms with van der Waals surface area (Å²) in [5.41, 5.74) is 1.27. The van der Waals surface area contributed by atoms with Crippen LogP contribution in [0, 0.1) is 0 Å². The monoisotopic (exact) mass is 465 g/mol. The number of rotatable bonds is 7. The van der Waals surface area contributed by atoms with E-state index in [0.29, 0.717) is 36.7 Å². The van der Waals surface area contributed by atoms with Crippen LogP contribution in [0.15, 0.2) is 36.4 Å². The number of esters is 1. The molecular weight excluding hydrogens is 438 g/mol. The Labute approximate surface area is 186 Å². The number of piperazine rings is 1. The first-order chi connectivity index (χ1) is 14.7. The van der Waals surface area contributed by atoms with E-state index >= 15 is 0 Å². The van der Waals surface area contributed by atoms with Crippen LogP contribution in [0.25, 0.3) is 10.4 Å². The average molecular weight is 466 g/mol. The van der Waals surface area contributed by atoms with Crippen LogP contribution in [0.4, 0.5) is 5.00 Å². The molecule has 1 aliphatic heterocycles. The van der Waals surface area contributed by atoms with Crippen LogP contribution in [0.3, 0.4) is 0 Å². The third kappa shape index (κ3) is 5.70. The summed E-state index contributed by atoms with van der Waals surface area (Å²) in [4.78, 5) is 28.2. The Balaban J connectivity index is 1.75. The van der Waals surface area contributed by atoms with Crippen molar-refractivity contribution < 1.29 is 22.7 Å². The van der Waals surface area contributed by atoms with Gasteiger partial charge in [-0.15, -0.1) is 11.3 Å². The van der Waals surface area contributed by atoms with E-state index in [-0.39, 0.29) is 12.5 Å². The van der Waals surface area contributed by atoms with E-state index in [1.807, 2.05) is 35.2 Å². The molecule has 1 saturated heterocycles. The van der Waals surface area contributed by atoms with Crippen molar-refractivity contribution in [3.63, 3.8) is 0 Å². The van der Waals surface area contributed by atoms with Gasteiger partial charge in [0.2, 0.25) is 15.9 Å². The number of hydrogen-bond acceptors (Lipinski definition) is 7. The number of anilines is 1. The summed E-state index contributed by atoms with van der Waals surface area (Å²) in [6, 6.07) is 10.9. The molecular formula is C21H27N3O5S2. The molecule has 0 radical (unpaired) electrons. The van der Waals surface area contributed by atoms with E-state index in [4.69, 9.17) is 4.74 Å². The predicted octanol–water partition coefficient (Wildman–Crippen LogP) is 2.50. The molecule has 8 nitrogen and oxygen atoms in total. The van der Waals surface area contributed by atoms with Crippen LogP contribution in [-0.4, -0.2) is 74.6 Å². The summed E-state index contributed by atoms with van der Waals surface area (Å²) >= 11 is 1.32. The SMILES string of the molecule is CCOC(=O)c1cc(-c2ccccc2)sc1NC(=O)[C@@H](C)N1CCN(S(C)(=O)=O)CC1. The first kappa shape index (κ1) is 23.4. The number of sulfonamides is 1. The molecule has 1 aromatic carbocycles. The van der Waals surface area contributed by atoms with E-state index in [9.17, 15) is 18.0 Å². The summed E-state index contributed by atoms with van der Waals surface area (Å²) in [6.07, 6.45) is 1.19. The van der Waals surface area contributed by atoms with Gasteiger partial charge < -0.3 is 10.1 Å². The van der Waals surface area contributed by atoms with Crippen LogP contribution in [0.5, 0.6) is 0 Å². The molecule has 1 atom stereocenters. The Morgan fingerprint density at radius 2 is 1.81 bits per heavy atom. The third-order valence-corrected chi connectivity index (χ3v) is 7.59. The Hall–Kier alpha value is -2.27. The van der Waals surface area contributed by atoms with Gasteiger partial charge in [-0.3, -0.25) is 9.69 Å². The predicted molar refractivity (Wildman–Crippen MR) is 122 cm³/mol. The second kappa shape index (κ2) is 9.90. The Morgan fingerprint density at radius 1 is 1.16 bits per heavy atom. The quantitative estimate of drug-likeness (QED) is 0.631. The van der Waals surface area contributed by atoms with Crippen molar-refractivity contribution in [1.82, 2.24) is 9.21 Å². The Morgan fingerprint density at radius 3 is 2.39 bits per heavy atom. The summed E-state index contributed by atoms with van der Waals surface area (Å²) in [5, 5.41) is 3.33. The minimum absolute atomic E-state index is 0.240. The van der Waals surface area contributed by atoms with Gasteiger partial charge >= 0.3 is 5.97 Å². The lowest BCUT2D eigenvalue weighted by molar-refractivity contribution is -0.121. The number of carbonyl (C=O) groups excluding carboxylic acids is 2. The van der Waals surface area contributed by atoms with Gasteiger partial charge in [-0.25, -0.2) is 13.2 Å². The van der Waals surface area contributed by atoms with Crippen molar-refractivity contribution in [2.45, 2.75) is 19.9 Å². The zero-order chi connectivity index (χ0) is 22.6. The van der Waals surface area contributed by atoms with Gasteiger partial charge in [0.15, 0.2) is 0 Å². The standard InChI is InChI=1S/C21H27N3O5S2/c1-4-29-21(26)17-14-18(16-8-6-5-7-9-16)30-20(17)22-19(25)15(2)23-10-12-24(13-11-23)31(3,27)28/h5-9,14-15H,4,10-13H2,1-3H3,(H,22,25)/t15-/m1/s1. The number of ether oxygens (including phenoxy) is 1. The maximum Gasteiger partial charge on any atom is 0.341 e. The molecule has 31 heavy (non-hydrogen) atoms. The highest BCUT2D eigenvalue weighted by Crippen LogP contribution is 2.36. The van der Waals surface area contributed by atoms with Crippen LogP contribution >= 0.6 is 11.3 Å². The fourth-order valence-corrected chi connectivity index (χ4v) is 5.27. The number of nitrogens with zero attached hydrogens (tertiary/aromatic N) is 2. The first-order valence-corrected chi connectivity index (χ1v) is 12.7. The van der Waals surface area contributed by atoms with E-state index in [2.05, 4.69) is 5.32 Å². The van der Waals surface area contributed by atoms with Gasteiger partial charge in [-0.05, 0) is 25.5 Å². The molecule has 2 aromatic rings.